The highest BCUT2D eigenvalue weighted by Crippen LogP contribution is 2.39. The van der Waals surface area contributed by atoms with Gasteiger partial charge in [0.15, 0.2) is 0 Å². The van der Waals surface area contributed by atoms with Crippen molar-refractivity contribution in [3.05, 3.63) is 78.0 Å². The molecule has 1 unspecified atom stereocenters. The summed E-state index contributed by atoms with van der Waals surface area (Å²) < 4.78 is 20.9. The summed E-state index contributed by atoms with van der Waals surface area (Å²) in [6, 6.07) is 16.2. The number of methoxy groups -OCH3 is 1. The molecule has 2 N–H and O–H groups in total. The minimum Gasteiger partial charge on any atom is -0.371 e. The van der Waals surface area contributed by atoms with E-state index in [2.05, 4.69) is 0 Å². The second-order valence-electron chi connectivity index (χ2n) is 8.51. The zero-order chi connectivity index (χ0) is 21.9. The quantitative estimate of drug-likeness (QED) is 0.630. The fourth-order valence-electron chi connectivity index (χ4n) is 3.73. The number of primary amides is 1. The number of amides is 1. The molecule has 30 heavy (non-hydrogen) atoms. The van der Waals surface area contributed by atoms with Crippen LogP contribution in [0.25, 0.3) is 11.3 Å². The van der Waals surface area contributed by atoms with Crippen molar-refractivity contribution in [3.63, 3.8) is 0 Å². The summed E-state index contributed by atoms with van der Waals surface area (Å²) in [5, 5.41) is 0. The third kappa shape index (κ3) is 4.76. The van der Waals surface area contributed by atoms with Crippen molar-refractivity contribution in [1.82, 2.24) is 9.55 Å². The Morgan fingerprint density at radius 1 is 1.13 bits per heavy atom. The lowest BCUT2D eigenvalue weighted by Crippen LogP contribution is -2.42. The molecule has 2 aromatic carbocycles. The monoisotopic (exact) mass is 409 g/mol. The van der Waals surface area contributed by atoms with Gasteiger partial charge in [-0.3, -0.25) is 4.79 Å². The maximum atomic E-state index is 13.4. The average molecular weight is 410 g/mol. The lowest BCUT2D eigenvalue weighted by atomic mass is 9.76. The first-order valence-corrected chi connectivity index (χ1v) is 9.89. The Labute approximate surface area is 176 Å². The first-order chi connectivity index (χ1) is 14.2. The normalized spacial score (nSPS) is 13.8. The molecule has 1 amide bonds. The number of aromatic nitrogens is 2. The summed E-state index contributed by atoms with van der Waals surface area (Å²) in [6.07, 6.45) is 1.13. The zero-order valence-corrected chi connectivity index (χ0v) is 17.8. The predicted octanol–water partition coefficient (Wildman–Crippen LogP) is 4.37. The van der Waals surface area contributed by atoms with Gasteiger partial charge in [0, 0.05) is 25.4 Å². The maximum Gasteiger partial charge on any atom is 0.247 e. The lowest BCUT2D eigenvalue weighted by Gasteiger charge is -2.34. The van der Waals surface area contributed by atoms with Crippen molar-refractivity contribution in [2.45, 2.75) is 39.3 Å². The van der Waals surface area contributed by atoms with E-state index >= 15 is 0 Å². The largest absolute Gasteiger partial charge is 0.371 e. The van der Waals surface area contributed by atoms with Crippen LogP contribution in [-0.2, 0) is 16.1 Å². The lowest BCUT2D eigenvalue weighted by molar-refractivity contribution is -0.131. The molecule has 0 radical (unpaired) electrons. The molecule has 3 aromatic rings. The smallest absolute Gasteiger partial charge is 0.247 e. The molecule has 0 aliphatic rings. The average Bonchev–Trinajstić information content (AvgIpc) is 3.10. The zero-order valence-electron chi connectivity index (χ0n) is 17.8. The van der Waals surface area contributed by atoms with E-state index in [4.69, 9.17) is 15.5 Å². The van der Waals surface area contributed by atoms with Crippen LogP contribution in [0.5, 0.6) is 0 Å². The number of nitrogens with two attached hydrogens (primary N) is 1. The van der Waals surface area contributed by atoms with E-state index in [1.54, 1.807) is 12.1 Å². The highest BCUT2D eigenvalue weighted by Gasteiger charge is 2.40. The van der Waals surface area contributed by atoms with Crippen LogP contribution in [0.2, 0.25) is 0 Å². The molecule has 5 nitrogen and oxygen atoms in total. The van der Waals surface area contributed by atoms with Crippen molar-refractivity contribution in [2.24, 2.45) is 11.1 Å². The molecule has 158 valence electrons. The van der Waals surface area contributed by atoms with Crippen LogP contribution in [0.4, 0.5) is 4.39 Å². The molecular formula is C24H28FN3O2. The van der Waals surface area contributed by atoms with Crippen LogP contribution in [0, 0.1) is 11.2 Å². The molecule has 3 rings (SSSR count). The molecule has 0 aliphatic carbocycles. The highest BCUT2D eigenvalue weighted by molar-refractivity contribution is 5.80. The summed E-state index contributed by atoms with van der Waals surface area (Å²) in [5.74, 6) is -0.487. The predicted molar refractivity (Wildman–Crippen MR) is 115 cm³/mol. The Kier molecular flexibility index (Phi) is 6.37. The number of halogens is 1. The third-order valence-electron chi connectivity index (χ3n) is 5.19. The van der Waals surface area contributed by atoms with Crippen LogP contribution in [0.15, 0.2) is 60.8 Å². The fraction of sp³-hybridized carbons (Fsp3) is 0.333. The fourth-order valence-corrected chi connectivity index (χ4v) is 3.73. The summed E-state index contributed by atoms with van der Waals surface area (Å²) >= 11 is 0. The summed E-state index contributed by atoms with van der Waals surface area (Å²) in [5.41, 5.74) is 8.01. The van der Waals surface area contributed by atoms with Gasteiger partial charge in [0.05, 0.1) is 11.6 Å². The maximum absolute atomic E-state index is 13.4. The van der Waals surface area contributed by atoms with Crippen LogP contribution >= 0.6 is 0 Å². The Morgan fingerprint density at radius 2 is 1.77 bits per heavy atom. The van der Waals surface area contributed by atoms with Crippen molar-refractivity contribution in [3.8, 4) is 11.3 Å². The highest BCUT2D eigenvalue weighted by atomic mass is 19.1. The second kappa shape index (κ2) is 8.79. The van der Waals surface area contributed by atoms with Crippen molar-refractivity contribution in [1.29, 1.82) is 0 Å². The Balaban J connectivity index is 2.15. The molecule has 0 spiro atoms. The Morgan fingerprint density at radius 3 is 2.30 bits per heavy atom. The standard InChI is InChI=1S/C24H28FN3O2/c1-24(2,3)20(21(30-4)22(26)29)23-27-19(17-8-6-5-7-9-17)15-28(23)14-16-10-12-18(25)13-11-16/h5-13,15,20-21H,14H2,1-4H3,(H2,26,29)/t20-,21?/m0/s1. The number of carbonyl (C=O) groups is 1. The van der Waals surface area contributed by atoms with E-state index < -0.39 is 12.0 Å². The van der Waals surface area contributed by atoms with E-state index in [0.717, 1.165) is 16.8 Å². The van der Waals surface area contributed by atoms with E-state index in [1.165, 1.54) is 19.2 Å². The molecule has 0 bridgehead atoms. The number of imidazole rings is 1. The first kappa shape index (κ1) is 21.7. The number of hydrogen-bond donors (Lipinski definition) is 1. The number of benzene rings is 2. The second-order valence-corrected chi connectivity index (χ2v) is 8.51. The van der Waals surface area contributed by atoms with E-state index in [0.29, 0.717) is 12.4 Å². The van der Waals surface area contributed by atoms with E-state index in [9.17, 15) is 9.18 Å². The van der Waals surface area contributed by atoms with Gasteiger partial charge in [-0.25, -0.2) is 9.37 Å². The van der Waals surface area contributed by atoms with Crippen molar-refractivity contribution in [2.75, 3.05) is 7.11 Å². The van der Waals surface area contributed by atoms with Gasteiger partial charge in [-0.1, -0.05) is 63.2 Å². The molecule has 2 atom stereocenters. The van der Waals surface area contributed by atoms with E-state index in [-0.39, 0.29) is 17.2 Å². The van der Waals surface area contributed by atoms with Gasteiger partial charge in [-0.05, 0) is 23.1 Å². The third-order valence-corrected chi connectivity index (χ3v) is 5.19. The van der Waals surface area contributed by atoms with Crippen LogP contribution in [0.1, 0.15) is 38.1 Å². The molecule has 1 heterocycles. The topological polar surface area (TPSA) is 70.1 Å². The number of nitrogens with zero attached hydrogens (tertiary/aromatic N) is 2. The minimum atomic E-state index is -0.831. The van der Waals surface area contributed by atoms with Gasteiger partial charge >= 0.3 is 0 Å². The van der Waals surface area contributed by atoms with Gasteiger partial charge in [0.1, 0.15) is 17.7 Å². The molecule has 0 aliphatic heterocycles. The molecular weight excluding hydrogens is 381 g/mol. The van der Waals surface area contributed by atoms with Gasteiger partial charge in [0.25, 0.3) is 0 Å². The Bertz CT molecular complexity index is 992. The molecule has 0 saturated heterocycles. The van der Waals surface area contributed by atoms with Crippen molar-refractivity contribution < 1.29 is 13.9 Å². The number of rotatable bonds is 7. The first-order valence-electron chi connectivity index (χ1n) is 9.89. The van der Waals surface area contributed by atoms with E-state index in [1.807, 2.05) is 61.9 Å². The molecule has 6 heteroatoms. The number of ether oxygens (including phenoxy) is 1. The SMILES string of the molecule is COC(C(N)=O)[C@@H](c1nc(-c2ccccc2)cn1Cc1ccc(F)cc1)C(C)(C)C. The summed E-state index contributed by atoms with van der Waals surface area (Å²) in [7, 11) is 1.49. The van der Waals surface area contributed by atoms with Gasteiger partial charge < -0.3 is 15.0 Å². The number of hydrogen-bond acceptors (Lipinski definition) is 3. The van der Waals surface area contributed by atoms with Gasteiger partial charge in [-0.15, -0.1) is 0 Å². The van der Waals surface area contributed by atoms with Gasteiger partial charge in [0.2, 0.25) is 5.91 Å². The Hall–Kier alpha value is -2.99. The minimum absolute atomic E-state index is 0.282. The molecule has 0 fully saturated rings. The summed E-state index contributed by atoms with van der Waals surface area (Å²) in [6.45, 7) is 6.58. The molecule has 0 saturated carbocycles. The van der Waals surface area contributed by atoms with Crippen molar-refractivity contribution >= 4 is 5.91 Å². The number of carbonyl (C=O) groups excluding carboxylic acids is 1. The molecule has 1 aromatic heterocycles. The van der Waals surface area contributed by atoms with Gasteiger partial charge in [-0.2, -0.15) is 0 Å². The van der Waals surface area contributed by atoms with Crippen LogP contribution < -0.4 is 5.73 Å². The van der Waals surface area contributed by atoms with Crippen LogP contribution in [-0.4, -0.2) is 28.7 Å². The van der Waals surface area contributed by atoms with Crippen LogP contribution in [0.3, 0.4) is 0 Å². The summed E-state index contributed by atoms with van der Waals surface area (Å²) in [4.78, 5) is 17.1.